The summed E-state index contributed by atoms with van der Waals surface area (Å²) in [6, 6.07) is 0. The van der Waals surface area contributed by atoms with Gasteiger partial charge in [0.1, 0.15) is 0 Å². The van der Waals surface area contributed by atoms with E-state index in [-0.39, 0.29) is 18.9 Å². The quantitative estimate of drug-likeness (QED) is 0.319. The minimum atomic E-state index is 0. The van der Waals surface area contributed by atoms with Crippen LogP contribution in [0.1, 0.15) is 13.8 Å². The minimum absolute atomic E-state index is 0. The second-order valence-corrected chi connectivity index (χ2v) is 2.70. The molecule has 1 rings (SSSR count). The second-order valence-electron chi connectivity index (χ2n) is 2.70. The van der Waals surface area contributed by atoms with E-state index in [9.17, 15) is 0 Å². The van der Waals surface area contributed by atoms with Crippen LogP contribution in [0.25, 0.3) is 5.32 Å². The largest absolute Gasteiger partial charge is 1.00 e. The molecule has 0 aromatic carbocycles. The second kappa shape index (κ2) is 2.22. The third kappa shape index (κ3) is 1.86. The smallest absolute Gasteiger partial charge is 0.662 e. The Bertz CT molecular complexity index is 55.1. The Morgan fingerprint density at radius 2 is 1.57 bits per heavy atom. The summed E-state index contributed by atoms with van der Waals surface area (Å²) in [5, 5.41) is 4.07. The van der Waals surface area contributed by atoms with Gasteiger partial charge in [0, 0.05) is 0 Å². The fourth-order valence-corrected chi connectivity index (χ4v) is 0.559. The molecule has 0 bridgehead atoms. The van der Waals surface area contributed by atoms with E-state index in [2.05, 4.69) is 19.2 Å². The maximum atomic E-state index is 4.07. The van der Waals surface area contributed by atoms with Crippen molar-refractivity contribution in [2.24, 2.45) is 5.41 Å². The van der Waals surface area contributed by atoms with Gasteiger partial charge in [-0.15, -0.1) is 13.1 Å². The van der Waals surface area contributed by atoms with Gasteiger partial charge in [-0.1, -0.05) is 19.3 Å². The molecule has 1 nitrogen and oxygen atoms in total. The molecule has 1 heterocycles. The standard InChI is InChI=1S/C5H10N.Li/c1-5(2)3-6-4-5;/h3-4H2,1-2H3;/q-1;+1. The number of hydrogen-bond donors (Lipinski definition) is 0. The molecule has 1 aliphatic rings. The molecule has 36 valence electrons. The van der Waals surface area contributed by atoms with E-state index in [1.54, 1.807) is 0 Å². The molecule has 0 saturated carbocycles. The van der Waals surface area contributed by atoms with Gasteiger partial charge >= 0.3 is 18.9 Å². The zero-order valence-electron chi connectivity index (χ0n) is 5.36. The van der Waals surface area contributed by atoms with Crippen molar-refractivity contribution >= 4 is 0 Å². The first-order valence-electron chi connectivity index (χ1n) is 2.34. The van der Waals surface area contributed by atoms with Crippen LogP contribution >= 0.6 is 0 Å². The Morgan fingerprint density at radius 3 is 1.57 bits per heavy atom. The Hall–Kier alpha value is 0.557. The summed E-state index contributed by atoms with van der Waals surface area (Å²) in [5.74, 6) is 0. The molecule has 0 aromatic rings. The van der Waals surface area contributed by atoms with Gasteiger partial charge in [0.2, 0.25) is 0 Å². The number of rotatable bonds is 0. The normalized spacial score (nSPS) is 24.9. The Labute approximate surface area is 57.0 Å². The van der Waals surface area contributed by atoms with Crippen molar-refractivity contribution < 1.29 is 18.9 Å². The van der Waals surface area contributed by atoms with Gasteiger partial charge < -0.3 is 5.32 Å². The van der Waals surface area contributed by atoms with Gasteiger partial charge in [-0.25, -0.2) is 0 Å². The summed E-state index contributed by atoms with van der Waals surface area (Å²) >= 11 is 0. The van der Waals surface area contributed by atoms with Crippen LogP contribution < -0.4 is 18.9 Å². The maximum absolute atomic E-state index is 4.07. The average Bonchev–Trinajstić information content (AvgIpc) is 1.32. The predicted octanol–water partition coefficient (Wildman–Crippen LogP) is -1.60. The fourth-order valence-electron chi connectivity index (χ4n) is 0.559. The van der Waals surface area contributed by atoms with Crippen molar-refractivity contribution in [3.8, 4) is 0 Å². The van der Waals surface area contributed by atoms with Crippen molar-refractivity contribution in [1.29, 1.82) is 0 Å². The molecule has 1 aliphatic heterocycles. The van der Waals surface area contributed by atoms with Gasteiger partial charge in [0.05, 0.1) is 0 Å². The summed E-state index contributed by atoms with van der Waals surface area (Å²) in [7, 11) is 0. The molecule has 0 aromatic heterocycles. The van der Waals surface area contributed by atoms with Crippen molar-refractivity contribution in [3.63, 3.8) is 0 Å². The Kier molecular flexibility index (Phi) is 2.39. The minimum Gasteiger partial charge on any atom is -0.662 e. The molecule has 0 radical (unpaired) electrons. The fraction of sp³-hybridized carbons (Fsp3) is 1.00. The Balaban J connectivity index is 0.000000360. The number of nitrogens with zero attached hydrogens (tertiary/aromatic N) is 1. The van der Waals surface area contributed by atoms with Crippen LogP contribution in [0.15, 0.2) is 0 Å². The van der Waals surface area contributed by atoms with E-state index >= 15 is 0 Å². The van der Waals surface area contributed by atoms with E-state index in [0.717, 1.165) is 13.1 Å². The van der Waals surface area contributed by atoms with Crippen LogP contribution in [-0.2, 0) is 0 Å². The summed E-state index contributed by atoms with van der Waals surface area (Å²) in [6.45, 7) is 6.62. The summed E-state index contributed by atoms with van der Waals surface area (Å²) in [5.41, 5.74) is 0.556. The first-order valence-corrected chi connectivity index (χ1v) is 2.34. The third-order valence-corrected chi connectivity index (χ3v) is 1.08. The van der Waals surface area contributed by atoms with E-state index < -0.39 is 0 Å². The summed E-state index contributed by atoms with van der Waals surface area (Å²) in [6.07, 6.45) is 0. The molecular weight excluding hydrogens is 81.0 g/mol. The van der Waals surface area contributed by atoms with Crippen molar-refractivity contribution in [2.75, 3.05) is 13.1 Å². The molecule has 0 N–H and O–H groups in total. The molecule has 1 saturated heterocycles. The molecule has 0 aliphatic carbocycles. The van der Waals surface area contributed by atoms with Crippen LogP contribution in [0, 0.1) is 5.41 Å². The van der Waals surface area contributed by atoms with Crippen LogP contribution in [0.4, 0.5) is 0 Å². The first-order chi connectivity index (χ1) is 2.71. The van der Waals surface area contributed by atoms with Crippen LogP contribution in [-0.4, -0.2) is 13.1 Å². The molecule has 0 spiro atoms. The van der Waals surface area contributed by atoms with Crippen molar-refractivity contribution in [2.45, 2.75) is 13.8 Å². The van der Waals surface area contributed by atoms with Crippen LogP contribution in [0.2, 0.25) is 0 Å². The van der Waals surface area contributed by atoms with E-state index in [1.807, 2.05) is 0 Å². The monoisotopic (exact) mass is 91.1 g/mol. The maximum Gasteiger partial charge on any atom is 1.00 e. The number of hydrogen-bond acceptors (Lipinski definition) is 0. The van der Waals surface area contributed by atoms with E-state index in [0.29, 0.717) is 5.41 Å². The molecule has 0 unspecified atom stereocenters. The summed E-state index contributed by atoms with van der Waals surface area (Å²) in [4.78, 5) is 0. The van der Waals surface area contributed by atoms with Crippen molar-refractivity contribution in [1.82, 2.24) is 0 Å². The molecule has 7 heavy (non-hydrogen) atoms. The van der Waals surface area contributed by atoms with Gasteiger partial charge in [0.25, 0.3) is 0 Å². The molecule has 2 heteroatoms. The van der Waals surface area contributed by atoms with Crippen LogP contribution in [0.5, 0.6) is 0 Å². The first kappa shape index (κ1) is 7.56. The molecule has 0 atom stereocenters. The van der Waals surface area contributed by atoms with E-state index in [4.69, 9.17) is 0 Å². The van der Waals surface area contributed by atoms with Gasteiger partial charge in [0.15, 0.2) is 0 Å². The van der Waals surface area contributed by atoms with Gasteiger partial charge in [-0.2, -0.15) is 0 Å². The molecule has 1 fully saturated rings. The van der Waals surface area contributed by atoms with Crippen molar-refractivity contribution in [3.05, 3.63) is 5.32 Å². The van der Waals surface area contributed by atoms with Gasteiger partial charge in [-0.3, -0.25) is 0 Å². The molecule has 0 amide bonds. The molecular formula is C5H10LiN. The van der Waals surface area contributed by atoms with E-state index in [1.165, 1.54) is 0 Å². The summed E-state index contributed by atoms with van der Waals surface area (Å²) < 4.78 is 0. The zero-order chi connectivity index (χ0) is 4.62. The SMILES string of the molecule is CC1(C)C[N-]C1.[Li+]. The zero-order valence-corrected chi connectivity index (χ0v) is 5.36. The Morgan fingerprint density at radius 1 is 1.29 bits per heavy atom. The average molecular weight is 91.1 g/mol. The predicted molar refractivity (Wildman–Crippen MR) is 26.9 cm³/mol. The third-order valence-electron chi connectivity index (χ3n) is 1.08. The van der Waals surface area contributed by atoms with Crippen LogP contribution in [0.3, 0.4) is 0 Å². The topological polar surface area (TPSA) is 14.1 Å². The van der Waals surface area contributed by atoms with Gasteiger partial charge in [-0.05, 0) is 0 Å².